The van der Waals surface area contributed by atoms with Crippen LogP contribution in [-0.4, -0.2) is 259 Å². The van der Waals surface area contributed by atoms with Crippen LogP contribution in [0.5, 0.6) is 0 Å². The van der Waals surface area contributed by atoms with E-state index in [1.807, 2.05) is 0 Å². The molecule has 5 rings (SSSR count). The standard InChI is InChI=1S/C34H9B33/c1-8-17(35)15(9-2-4-11-13(6-9)21(30(53,54)55,31(56,57)58)25(41,42)24(39,40)20(11,28(47,48)49)29(50,51)52)19(37)16(18(8)36)10-3-5-12-14(7-10)22(32(59,60)61,33(62,63)64)26(43,44)27(45,46)23(12,38)34(65,66)67/h2-7H,1H3. The summed E-state index contributed by atoms with van der Waals surface area (Å²) >= 11 is 0. The van der Waals surface area contributed by atoms with Gasteiger partial charge in [-0.15, -0.1) is 56.6 Å². The van der Waals surface area contributed by atoms with E-state index in [9.17, 15) is 0 Å². The Balaban J connectivity index is 2.07. The van der Waals surface area contributed by atoms with Crippen LogP contribution in [0.2, 0.25) is 56.6 Å². The molecule has 1 unspecified atom stereocenters. The topological polar surface area (TPSA) is 0 Å². The van der Waals surface area contributed by atoms with Crippen LogP contribution >= 0.6 is 0 Å². The van der Waals surface area contributed by atoms with Crippen LogP contribution in [0, 0.1) is 6.92 Å². The number of benzene rings is 3. The first kappa shape index (κ1) is 57.7. The third kappa shape index (κ3) is 6.78. The van der Waals surface area contributed by atoms with Gasteiger partial charge in [-0.25, -0.2) is 0 Å². The largest absolute Gasteiger partial charge is 0.129 e. The summed E-state index contributed by atoms with van der Waals surface area (Å²) in [6, 6.07) is 7.82. The lowest BCUT2D eigenvalue weighted by Gasteiger charge is -2.82. The van der Waals surface area contributed by atoms with E-state index >= 15 is 0 Å². The second-order valence-electron chi connectivity index (χ2n) is 19.2. The van der Waals surface area contributed by atoms with E-state index in [1.165, 1.54) is 43.3 Å². The van der Waals surface area contributed by atoms with Crippen LogP contribution in [0.1, 0.15) is 27.8 Å². The van der Waals surface area contributed by atoms with Crippen LogP contribution < -0.4 is 16.4 Å². The Hall–Kier alpha value is -0.197. The molecule has 67 heavy (non-hydrogen) atoms. The minimum Gasteiger partial charge on any atom is -0.129 e. The van der Waals surface area contributed by atoms with Gasteiger partial charge in [-0.1, -0.05) is 63.7 Å². The van der Waals surface area contributed by atoms with Gasteiger partial charge in [0.1, 0.15) is 23.5 Å². The zero-order valence-corrected chi connectivity index (χ0v) is 37.0. The molecule has 0 saturated heterocycles. The van der Waals surface area contributed by atoms with Gasteiger partial charge in [0.2, 0.25) is 0 Å². The minimum absolute atomic E-state index is 0.00511. The van der Waals surface area contributed by atoms with Crippen molar-refractivity contribution in [1.29, 1.82) is 0 Å². The first-order valence-electron chi connectivity index (χ1n) is 19.8. The van der Waals surface area contributed by atoms with Crippen LogP contribution in [-0.2, 0) is 21.6 Å². The quantitative estimate of drug-likeness (QED) is 0.190. The van der Waals surface area contributed by atoms with Gasteiger partial charge in [-0.3, -0.25) is 0 Å². The zero-order chi connectivity index (χ0) is 52.7. The Bertz CT molecular complexity index is 2450. The van der Waals surface area contributed by atoms with E-state index in [4.69, 9.17) is 259 Å². The van der Waals surface area contributed by atoms with Gasteiger partial charge in [0.15, 0.2) is 0 Å². The van der Waals surface area contributed by atoms with Crippen molar-refractivity contribution in [3.8, 4) is 22.3 Å². The zero-order valence-electron chi connectivity index (χ0n) is 37.0. The molecule has 0 N–H and O–H groups in total. The van der Waals surface area contributed by atoms with E-state index in [0.29, 0.717) is 0 Å². The highest BCUT2D eigenvalue weighted by Gasteiger charge is 2.73. The van der Waals surface area contributed by atoms with E-state index in [-0.39, 0.29) is 60.9 Å². The number of rotatable bonds is 9. The monoisotopic (exact) mass is 780 g/mol. The molecule has 0 amide bonds. The van der Waals surface area contributed by atoms with Gasteiger partial charge in [-0.2, -0.15) is 0 Å². The molecule has 0 fully saturated rings. The Labute approximate surface area is 443 Å². The predicted octanol–water partition coefficient (Wildman–Crippen LogP) is -8.32. The lowest BCUT2D eigenvalue weighted by atomic mass is 8.99. The lowest BCUT2D eigenvalue weighted by molar-refractivity contribution is 0.212. The highest BCUT2D eigenvalue weighted by Crippen LogP contribution is 2.83. The van der Waals surface area contributed by atoms with E-state index in [2.05, 4.69) is 0 Å². The molecular weight excluding hydrogens is 765 g/mol. The Morgan fingerprint density at radius 1 is 0.313 bits per heavy atom. The molecular formula is C34H9B33. The maximum Gasteiger partial charge on any atom is 0.115 e. The maximum atomic E-state index is 7.12. The molecule has 3 aromatic rings. The third-order valence-electron chi connectivity index (χ3n) is 14.6. The summed E-state index contributed by atoms with van der Waals surface area (Å²) in [4.78, 5) is 0. The molecule has 244 valence electrons. The molecule has 0 heterocycles. The van der Waals surface area contributed by atoms with Gasteiger partial charge in [0, 0.05) is 0 Å². The molecule has 0 aliphatic heterocycles. The van der Waals surface area contributed by atoms with Crippen LogP contribution in [0.4, 0.5) is 0 Å². The van der Waals surface area contributed by atoms with Crippen molar-refractivity contribution in [1.82, 2.24) is 0 Å². The summed E-state index contributed by atoms with van der Waals surface area (Å²) in [5.74, 6) is 0. The molecule has 66 radical (unpaired) electrons. The normalized spacial score (nSPS) is 22.9. The van der Waals surface area contributed by atoms with E-state index < -0.39 is 83.8 Å². The van der Waals surface area contributed by atoms with E-state index in [0.717, 1.165) is 0 Å². The maximum absolute atomic E-state index is 7.12. The van der Waals surface area contributed by atoms with Crippen molar-refractivity contribution in [2.24, 2.45) is 0 Å². The van der Waals surface area contributed by atoms with Gasteiger partial charge >= 0.3 is 0 Å². The fourth-order valence-corrected chi connectivity index (χ4v) is 11.7. The van der Waals surface area contributed by atoms with Gasteiger partial charge in [0.05, 0.1) is 235 Å². The van der Waals surface area contributed by atoms with Crippen LogP contribution in [0.25, 0.3) is 22.3 Å². The van der Waals surface area contributed by atoms with Gasteiger partial charge in [-0.05, 0) is 67.7 Å². The molecule has 1 atom stereocenters. The Morgan fingerprint density at radius 3 is 0.851 bits per heavy atom. The average Bonchev–Trinajstić information content (AvgIpc) is 3.06. The van der Waals surface area contributed by atoms with Crippen molar-refractivity contribution >= 4 is 275 Å². The van der Waals surface area contributed by atoms with Crippen LogP contribution in [0.3, 0.4) is 0 Å². The first-order chi connectivity index (χ1) is 29.3. The van der Waals surface area contributed by atoms with Crippen molar-refractivity contribution in [3.63, 3.8) is 0 Å². The average molecular weight is 774 g/mol. The van der Waals surface area contributed by atoms with Crippen molar-refractivity contribution in [3.05, 3.63) is 64.2 Å². The highest BCUT2D eigenvalue weighted by molar-refractivity contribution is 6.74. The fraction of sp³-hybridized carbons (Fsp3) is 0.471. The van der Waals surface area contributed by atoms with Crippen LogP contribution in [0.15, 0.2) is 36.4 Å². The van der Waals surface area contributed by atoms with E-state index in [1.54, 1.807) is 0 Å². The summed E-state index contributed by atoms with van der Waals surface area (Å²) in [5, 5.41) is -33.2. The smallest absolute Gasteiger partial charge is 0.115 e. The number of hydrogen-bond donors (Lipinski definition) is 0. The molecule has 0 saturated carbocycles. The van der Waals surface area contributed by atoms with Gasteiger partial charge in [0.25, 0.3) is 0 Å². The minimum atomic E-state index is -3.00. The molecule has 0 aromatic heterocycles. The Kier molecular flexibility index (Phi) is 13.7. The predicted molar refractivity (Wildman–Crippen MR) is 307 cm³/mol. The van der Waals surface area contributed by atoms with Crippen molar-refractivity contribution in [2.75, 3.05) is 0 Å². The molecule has 0 nitrogen and oxygen atoms in total. The summed E-state index contributed by atoms with van der Waals surface area (Å²) in [7, 11) is 218. The SMILES string of the molecule is [B]c1c(C)c([B])c(-c2ccc3c(c2)C(C([B])([B])[B])(C([B])([B])[B])C([B])([B])C([B])([B])C3(C([B])([B])[B])C([B])([B])[B])c([B])c1-c1ccc2c(c1)C(C([B])([B])[B])(C([B])([B])[B])C([B])([B])C([B])([B])C2([B])C([B])([B])[B]. The molecule has 3 aromatic carbocycles. The molecule has 0 bridgehead atoms. The molecule has 0 spiro atoms. The highest BCUT2D eigenvalue weighted by atomic mass is 14.7. The number of fused-ring (bicyclic) bond motifs is 2. The molecule has 2 aliphatic carbocycles. The summed E-state index contributed by atoms with van der Waals surface area (Å²) in [6.07, 6.45) is 0. The third-order valence-corrected chi connectivity index (χ3v) is 14.6. The summed E-state index contributed by atoms with van der Waals surface area (Å²) < 4.78 is 0. The second kappa shape index (κ2) is 15.9. The lowest BCUT2D eigenvalue weighted by Crippen LogP contribution is -2.74. The molecule has 33 heteroatoms. The number of hydrogen-bond acceptors (Lipinski definition) is 0. The van der Waals surface area contributed by atoms with Gasteiger partial charge < -0.3 is 0 Å². The first-order valence-corrected chi connectivity index (χ1v) is 19.8. The fourth-order valence-electron chi connectivity index (χ4n) is 11.7. The second-order valence-corrected chi connectivity index (χ2v) is 19.2. The summed E-state index contributed by atoms with van der Waals surface area (Å²) in [6.45, 7) is 1.54. The molecule has 2 aliphatic rings. The summed E-state index contributed by atoms with van der Waals surface area (Å²) in [5.41, 5.74) is -9.56. The van der Waals surface area contributed by atoms with Crippen molar-refractivity contribution < 1.29 is 0 Å². The Morgan fingerprint density at radius 2 is 0.567 bits per heavy atom. The van der Waals surface area contributed by atoms with Crippen molar-refractivity contribution in [2.45, 2.75) is 85.1 Å².